The van der Waals surface area contributed by atoms with Crippen LogP contribution in [0.25, 0.3) is 0 Å². The first-order chi connectivity index (χ1) is 10.6. The third-order valence-corrected chi connectivity index (χ3v) is 7.70. The summed E-state index contributed by atoms with van der Waals surface area (Å²) in [6, 6.07) is 0. The van der Waals surface area contributed by atoms with Crippen molar-refractivity contribution in [2.24, 2.45) is 23.7 Å². The van der Waals surface area contributed by atoms with Crippen molar-refractivity contribution in [2.45, 2.75) is 63.9 Å². The Kier molecular flexibility index (Phi) is 4.18. The molecule has 5 fully saturated rings. The maximum atomic E-state index is 12.4. The molecular formula is C18H29O3S+. The van der Waals surface area contributed by atoms with Crippen molar-refractivity contribution in [1.82, 2.24) is 0 Å². The van der Waals surface area contributed by atoms with Crippen LogP contribution < -0.4 is 0 Å². The molecule has 0 radical (unpaired) electrons. The minimum atomic E-state index is -0.169. The molecule has 4 heteroatoms. The predicted octanol–water partition coefficient (Wildman–Crippen LogP) is 4.13. The Hall–Kier alpha value is -0.220. The average Bonchev–Trinajstić information content (AvgIpc) is 2.51. The number of rotatable bonds is 4. The zero-order chi connectivity index (χ0) is 15.2. The van der Waals surface area contributed by atoms with Crippen molar-refractivity contribution in [1.29, 1.82) is 0 Å². The van der Waals surface area contributed by atoms with E-state index in [4.69, 9.17) is 4.74 Å². The Labute approximate surface area is 138 Å². The van der Waals surface area contributed by atoms with Crippen molar-refractivity contribution in [3.8, 4) is 0 Å². The van der Waals surface area contributed by atoms with E-state index in [1.165, 1.54) is 51.4 Å². The SMILES string of the molecule is CC1(OC(=O)CS[O+]2CCCCC2)C2CC3CC(C2)CC1C3. The van der Waals surface area contributed by atoms with Crippen LogP contribution in [0.3, 0.4) is 0 Å². The van der Waals surface area contributed by atoms with Gasteiger partial charge in [0.15, 0.2) is 31.0 Å². The molecule has 4 bridgehead atoms. The Morgan fingerprint density at radius 3 is 2.23 bits per heavy atom. The molecule has 4 saturated carbocycles. The van der Waals surface area contributed by atoms with Crippen LogP contribution >= 0.6 is 12.0 Å². The van der Waals surface area contributed by atoms with Gasteiger partial charge in [0.2, 0.25) is 0 Å². The highest BCUT2D eigenvalue weighted by Crippen LogP contribution is 2.59. The fourth-order valence-corrected chi connectivity index (χ4v) is 6.41. The molecule has 124 valence electrons. The molecule has 1 saturated heterocycles. The smallest absolute Gasteiger partial charge is 0.324 e. The number of hydrogen-bond donors (Lipinski definition) is 0. The summed E-state index contributed by atoms with van der Waals surface area (Å²) >= 11 is 1.61. The van der Waals surface area contributed by atoms with E-state index in [9.17, 15) is 4.79 Å². The minimum absolute atomic E-state index is 0.00181. The van der Waals surface area contributed by atoms with Crippen LogP contribution in [0.4, 0.5) is 0 Å². The van der Waals surface area contributed by atoms with Crippen LogP contribution in [0, 0.1) is 23.7 Å². The van der Waals surface area contributed by atoms with Gasteiger partial charge in [-0.3, -0.25) is 4.79 Å². The van der Waals surface area contributed by atoms with Gasteiger partial charge < -0.3 is 8.55 Å². The highest BCUT2D eigenvalue weighted by molar-refractivity contribution is 7.95. The second kappa shape index (κ2) is 6.01. The van der Waals surface area contributed by atoms with Gasteiger partial charge in [0.1, 0.15) is 5.60 Å². The molecule has 0 aromatic rings. The third-order valence-electron chi connectivity index (χ3n) is 6.68. The van der Waals surface area contributed by atoms with Gasteiger partial charge in [0.05, 0.1) is 0 Å². The van der Waals surface area contributed by atoms with Crippen LogP contribution in [0.2, 0.25) is 0 Å². The van der Waals surface area contributed by atoms with Gasteiger partial charge in [-0.05, 0) is 69.1 Å². The molecule has 0 N–H and O–H groups in total. The van der Waals surface area contributed by atoms with E-state index in [0.29, 0.717) is 17.6 Å². The fourth-order valence-electron chi connectivity index (χ4n) is 5.62. The summed E-state index contributed by atoms with van der Waals surface area (Å²) in [4.78, 5) is 12.4. The largest absolute Gasteiger partial charge is 0.458 e. The second-order valence-electron chi connectivity index (χ2n) is 8.13. The van der Waals surface area contributed by atoms with E-state index in [0.717, 1.165) is 25.0 Å². The Morgan fingerprint density at radius 1 is 1.05 bits per heavy atom. The number of hydrogen-bond acceptors (Lipinski definition) is 3. The summed E-state index contributed by atoms with van der Waals surface area (Å²) in [6.45, 7) is 4.32. The maximum absolute atomic E-state index is 12.4. The molecule has 0 spiro atoms. The number of esters is 1. The number of carbonyl (C=O) groups excluding carboxylic acids is 1. The molecule has 3 nitrogen and oxygen atoms in total. The molecule has 5 aliphatic rings. The lowest BCUT2D eigenvalue weighted by molar-refractivity contribution is -0.200. The highest BCUT2D eigenvalue weighted by atomic mass is 32.2. The van der Waals surface area contributed by atoms with E-state index < -0.39 is 0 Å². The van der Waals surface area contributed by atoms with Crippen molar-refractivity contribution in [2.75, 3.05) is 19.0 Å². The second-order valence-corrected chi connectivity index (χ2v) is 9.13. The first-order valence-corrected chi connectivity index (χ1v) is 10.1. The van der Waals surface area contributed by atoms with Gasteiger partial charge in [0, 0.05) is 12.8 Å². The summed E-state index contributed by atoms with van der Waals surface area (Å²) in [7, 11) is 0. The summed E-state index contributed by atoms with van der Waals surface area (Å²) < 4.78 is 9.28. The Morgan fingerprint density at radius 2 is 1.64 bits per heavy atom. The van der Waals surface area contributed by atoms with Crippen molar-refractivity contribution in [3.63, 3.8) is 0 Å². The molecule has 4 aliphatic carbocycles. The van der Waals surface area contributed by atoms with Gasteiger partial charge in [-0.25, -0.2) is 0 Å². The van der Waals surface area contributed by atoms with E-state index in [-0.39, 0.29) is 11.6 Å². The standard InChI is InChI=1S/C18H29O3S/c1-18(15-8-13-7-14(10-15)11-16(18)9-13)20-17(19)12-22-21-5-3-2-4-6-21/h13-16H,2-12H2,1H3/q+1. The lowest BCUT2D eigenvalue weighted by atomic mass is 9.50. The quantitative estimate of drug-likeness (QED) is 0.442. The zero-order valence-corrected chi connectivity index (χ0v) is 14.5. The van der Waals surface area contributed by atoms with Crippen molar-refractivity contribution >= 4 is 18.0 Å². The van der Waals surface area contributed by atoms with Crippen molar-refractivity contribution < 1.29 is 13.3 Å². The van der Waals surface area contributed by atoms with E-state index in [2.05, 4.69) is 10.7 Å². The average molecular weight is 325 g/mol. The predicted molar refractivity (Wildman–Crippen MR) is 88.7 cm³/mol. The lowest BCUT2D eigenvalue weighted by Gasteiger charge is -2.59. The molecular weight excluding hydrogens is 296 g/mol. The molecule has 1 aliphatic heterocycles. The third kappa shape index (κ3) is 2.82. The molecule has 0 amide bonds. The molecule has 0 aromatic carbocycles. The Balaban J connectivity index is 1.33. The fraction of sp³-hybridized carbons (Fsp3) is 0.944. The number of ether oxygens (including phenoxy) is 1. The topological polar surface area (TPSA) is 29.0 Å². The van der Waals surface area contributed by atoms with Gasteiger partial charge in [0.25, 0.3) is 0 Å². The van der Waals surface area contributed by atoms with Gasteiger partial charge >= 0.3 is 5.97 Å². The van der Waals surface area contributed by atoms with Crippen LogP contribution in [0.15, 0.2) is 0 Å². The molecule has 5 rings (SSSR count). The number of carbonyl (C=O) groups is 1. The van der Waals surface area contributed by atoms with Gasteiger partial charge in [-0.1, -0.05) is 0 Å². The molecule has 1 heterocycles. The first kappa shape index (κ1) is 15.3. The van der Waals surface area contributed by atoms with Crippen LogP contribution in [-0.2, 0) is 13.3 Å². The van der Waals surface area contributed by atoms with Crippen LogP contribution in [-0.4, -0.2) is 30.5 Å². The first-order valence-electron chi connectivity index (χ1n) is 9.16. The summed E-state index contributed by atoms with van der Waals surface area (Å²) in [5.74, 6) is 3.56. The van der Waals surface area contributed by atoms with Crippen molar-refractivity contribution in [3.05, 3.63) is 0 Å². The summed E-state index contributed by atoms with van der Waals surface area (Å²) in [5.41, 5.74) is -0.169. The maximum Gasteiger partial charge on any atom is 0.324 e. The highest BCUT2D eigenvalue weighted by Gasteiger charge is 2.57. The lowest BCUT2D eigenvalue weighted by Crippen LogP contribution is -2.58. The summed E-state index contributed by atoms with van der Waals surface area (Å²) in [6.07, 6.45) is 10.4. The molecule has 0 aromatic heterocycles. The van der Waals surface area contributed by atoms with Crippen LogP contribution in [0.1, 0.15) is 58.3 Å². The normalized spacial score (nSPS) is 44.2. The van der Waals surface area contributed by atoms with Crippen LogP contribution in [0.5, 0.6) is 0 Å². The van der Waals surface area contributed by atoms with E-state index in [1.807, 2.05) is 0 Å². The van der Waals surface area contributed by atoms with E-state index >= 15 is 0 Å². The van der Waals surface area contributed by atoms with E-state index in [1.54, 1.807) is 12.0 Å². The summed E-state index contributed by atoms with van der Waals surface area (Å²) in [5, 5.41) is 0. The molecule has 22 heavy (non-hydrogen) atoms. The monoisotopic (exact) mass is 325 g/mol. The van der Waals surface area contributed by atoms with Gasteiger partial charge in [-0.15, -0.1) is 0 Å². The Bertz CT molecular complexity index is 402. The zero-order valence-electron chi connectivity index (χ0n) is 13.7. The molecule has 0 atom stereocenters. The van der Waals surface area contributed by atoms with Gasteiger partial charge in [-0.2, -0.15) is 0 Å². The minimum Gasteiger partial charge on any atom is -0.458 e. The molecule has 0 unspecified atom stereocenters.